The van der Waals surface area contributed by atoms with E-state index in [0.717, 1.165) is 53.8 Å². The summed E-state index contributed by atoms with van der Waals surface area (Å²) in [5.41, 5.74) is 4.11. The van der Waals surface area contributed by atoms with E-state index in [1.54, 1.807) is 13.2 Å². The Labute approximate surface area is 241 Å². The number of ether oxygens (including phenoxy) is 1. The van der Waals surface area contributed by atoms with Crippen LogP contribution in [0.4, 0.5) is 13.2 Å². The molecule has 2 heterocycles. The van der Waals surface area contributed by atoms with E-state index in [9.17, 15) is 18.0 Å². The molecule has 0 radical (unpaired) electrons. The number of amidine groups is 1. The predicted octanol–water partition coefficient (Wildman–Crippen LogP) is 7.83. The van der Waals surface area contributed by atoms with Gasteiger partial charge in [-0.3, -0.25) is 4.79 Å². The van der Waals surface area contributed by atoms with E-state index in [0.29, 0.717) is 48.8 Å². The average Bonchev–Trinajstić information content (AvgIpc) is 3.25. The Kier molecular flexibility index (Phi) is 9.61. The minimum Gasteiger partial charge on any atom is -0.496 e. The van der Waals surface area contributed by atoms with E-state index in [-0.39, 0.29) is 17.7 Å². The smallest absolute Gasteiger partial charge is 0.416 e. The van der Waals surface area contributed by atoms with Crippen molar-refractivity contribution in [1.82, 2.24) is 10.2 Å². The third-order valence-corrected chi connectivity index (χ3v) is 8.03. The maximum Gasteiger partial charge on any atom is 0.416 e. The molecule has 1 fully saturated rings. The highest BCUT2D eigenvalue weighted by molar-refractivity contribution is 5.97. The minimum atomic E-state index is -4.45. The summed E-state index contributed by atoms with van der Waals surface area (Å²) in [6.07, 6.45) is 7.22. The zero-order valence-electron chi connectivity index (χ0n) is 24.6. The van der Waals surface area contributed by atoms with Crippen LogP contribution in [0.3, 0.4) is 0 Å². The van der Waals surface area contributed by atoms with E-state index in [1.807, 2.05) is 49.9 Å². The number of allylic oxidation sites excluding steroid dienone is 7. The molecule has 3 aliphatic rings. The zero-order valence-corrected chi connectivity index (χ0v) is 24.6. The second kappa shape index (κ2) is 13.0. The van der Waals surface area contributed by atoms with Crippen molar-refractivity contribution in [3.05, 3.63) is 87.8 Å². The number of amides is 1. The number of nitrogens with zero attached hydrogens (tertiary/aromatic N) is 2. The second-order valence-corrected chi connectivity index (χ2v) is 11.0. The Balaban J connectivity index is 1.70. The quantitative estimate of drug-likeness (QED) is 0.381. The summed E-state index contributed by atoms with van der Waals surface area (Å²) in [6.45, 7) is 9.20. The topological polar surface area (TPSA) is 53.9 Å². The van der Waals surface area contributed by atoms with Crippen LogP contribution in [0.1, 0.15) is 68.8 Å². The highest BCUT2D eigenvalue weighted by Crippen LogP contribution is 2.35. The maximum atomic E-state index is 13.7. The monoisotopic (exact) mass is 567 g/mol. The normalized spacial score (nSPS) is 22.9. The van der Waals surface area contributed by atoms with Crippen LogP contribution >= 0.6 is 0 Å². The fraction of sp³-hybridized carbons (Fsp3) is 0.455. The number of alkyl halides is 3. The number of aliphatic imine (C=N–C) groups is 1. The predicted molar refractivity (Wildman–Crippen MR) is 158 cm³/mol. The van der Waals surface area contributed by atoms with Crippen LogP contribution in [-0.4, -0.2) is 43.0 Å². The molecule has 41 heavy (non-hydrogen) atoms. The lowest BCUT2D eigenvalue weighted by molar-refractivity contribution is -0.0882. The van der Waals surface area contributed by atoms with E-state index < -0.39 is 11.7 Å². The molecule has 1 saturated heterocycles. The lowest BCUT2D eigenvalue weighted by Crippen LogP contribution is -2.41. The SMILES string of the molecule is CCC1=C(N=C2C=C(C3CCCN(C(=O)c4ccc(C)cc4OC)C3)C(CC)C=C(C)N2)C=C(C(F)(F)F)C=CC1. The highest BCUT2D eigenvalue weighted by Gasteiger charge is 2.33. The van der Waals surface area contributed by atoms with Gasteiger partial charge in [-0.25, -0.2) is 4.99 Å². The van der Waals surface area contributed by atoms with Gasteiger partial charge in [0.15, 0.2) is 0 Å². The van der Waals surface area contributed by atoms with Gasteiger partial charge >= 0.3 is 6.18 Å². The molecule has 1 aromatic rings. The van der Waals surface area contributed by atoms with E-state index in [4.69, 9.17) is 9.73 Å². The average molecular weight is 568 g/mol. The summed E-state index contributed by atoms with van der Waals surface area (Å²) >= 11 is 0. The first kappa shape index (κ1) is 30.4. The van der Waals surface area contributed by atoms with Gasteiger partial charge in [0, 0.05) is 24.7 Å². The van der Waals surface area contributed by atoms with Crippen LogP contribution in [0.15, 0.2) is 81.7 Å². The summed E-state index contributed by atoms with van der Waals surface area (Å²) < 4.78 is 46.5. The largest absolute Gasteiger partial charge is 0.496 e. The Hall–Kier alpha value is -3.55. The molecule has 0 spiro atoms. The molecule has 2 unspecified atom stereocenters. The number of benzene rings is 1. The molecule has 0 aromatic heterocycles. The van der Waals surface area contributed by atoms with Crippen molar-refractivity contribution in [1.29, 1.82) is 0 Å². The Bertz CT molecular complexity index is 1350. The first-order chi connectivity index (χ1) is 19.5. The Morgan fingerprint density at radius 2 is 1.98 bits per heavy atom. The number of likely N-dealkylation sites (tertiary alicyclic amines) is 1. The minimum absolute atomic E-state index is 0.0546. The molecule has 220 valence electrons. The van der Waals surface area contributed by atoms with Crippen molar-refractivity contribution < 1.29 is 22.7 Å². The van der Waals surface area contributed by atoms with Crippen molar-refractivity contribution in [2.75, 3.05) is 20.2 Å². The summed E-state index contributed by atoms with van der Waals surface area (Å²) in [5.74, 6) is 1.26. The first-order valence-corrected chi connectivity index (χ1v) is 14.4. The number of halogens is 3. The third-order valence-electron chi connectivity index (χ3n) is 8.03. The number of hydrogen-bond donors (Lipinski definition) is 1. The second-order valence-electron chi connectivity index (χ2n) is 11.0. The number of piperidine rings is 1. The maximum absolute atomic E-state index is 13.7. The van der Waals surface area contributed by atoms with E-state index in [1.165, 1.54) is 0 Å². The lowest BCUT2D eigenvalue weighted by Gasteiger charge is -2.36. The fourth-order valence-corrected chi connectivity index (χ4v) is 5.83. The number of nitrogens with one attached hydrogen (secondary N) is 1. The molecule has 1 aliphatic carbocycles. The van der Waals surface area contributed by atoms with Gasteiger partial charge in [-0.2, -0.15) is 13.2 Å². The van der Waals surface area contributed by atoms with Gasteiger partial charge in [0.05, 0.1) is 23.9 Å². The fourth-order valence-electron chi connectivity index (χ4n) is 5.83. The number of aryl methyl sites for hydroxylation is 1. The van der Waals surface area contributed by atoms with Crippen LogP contribution in [0.2, 0.25) is 0 Å². The summed E-state index contributed by atoms with van der Waals surface area (Å²) in [7, 11) is 1.58. The van der Waals surface area contributed by atoms with Gasteiger partial charge in [-0.15, -0.1) is 0 Å². The number of hydrogen-bond acceptors (Lipinski definition) is 3. The standard InChI is InChI=1S/C33H40F3N3O2/c1-6-23-10-8-12-26(33(34,35)36)18-29(23)38-31-19-28(24(7-2)17-22(4)37-31)25-11-9-15-39(20-25)32(40)27-14-13-21(3)16-30(27)41-5/h8,12-14,16-19,24-25H,6-7,9-11,15,20H2,1-5H3,(H,37,38). The van der Waals surface area contributed by atoms with Gasteiger partial charge in [0.1, 0.15) is 11.6 Å². The Morgan fingerprint density at radius 1 is 1.20 bits per heavy atom. The van der Waals surface area contributed by atoms with Gasteiger partial charge in [-0.05, 0) is 87.3 Å². The molecule has 4 rings (SSSR count). The van der Waals surface area contributed by atoms with E-state index in [2.05, 4.69) is 18.3 Å². The molecule has 0 saturated carbocycles. The highest BCUT2D eigenvalue weighted by atomic mass is 19.4. The molecule has 1 amide bonds. The van der Waals surface area contributed by atoms with Crippen molar-refractivity contribution in [2.45, 2.75) is 66.0 Å². The molecule has 2 atom stereocenters. The van der Waals surface area contributed by atoms with Gasteiger partial charge in [0.25, 0.3) is 5.91 Å². The van der Waals surface area contributed by atoms with Gasteiger partial charge in [-0.1, -0.05) is 43.7 Å². The van der Waals surface area contributed by atoms with Gasteiger partial charge < -0.3 is 15.0 Å². The van der Waals surface area contributed by atoms with Crippen molar-refractivity contribution >= 4 is 11.7 Å². The molecular formula is C33H40F3N3O2. The third kappa shape index (κ3) is 7.21. The molecular weight excluding hydrogens is 527 g/mol. The van der Waals surface area contributed by atoms with Crippen LogP contribution < -0.4 is 10.1 Å². The van der Waals surface area contributed by atoms with Crippen molar-refractivity contribution in [2.24, 2.45) is 16.8 Å². The lowest BCUT2D eigenvalue weighted by atomic mass is 9.81. The van der Waals surface area contributed by atoms with Crippen LogP contribution in [0.5, 0.6) is 5.75 Å². The summed E-state index contributed by atoms with van der Waals surface area (Å²) in [6, 6.07) is 5.61. The molecule has 2 aliphatic heterocycles. The molecule has 0 bridgehead atoms. The summed E-state index contributed by atoms with van der Waals surface area (Å²) in [4.78, 5) is 20.3. The Morgan fingerprint density at radius 3 is 2.66 bits per heavy atom. The van der Waals surface area contributed by atoms with Crippen LogP contribution in [0, 0.1) is 18.8 Å². The number of carbonyl (C=O) groups excluding carboxylic acids is 1. The van der Waals surface area contributed by atoms with Crippen molar-refractivity contribution in [3.63, 3.8) is 0 Å². The van der Waals surface area contributed by atoms with Gasteiger partial charge in [0.2, 0.25) is 0 Å². The van der Waals surface area contributed by atoms with Crippen LogP contribution in [0.25, 0.3) is 0 Å². The number of methoxy groups -OCH3 is 1. The van der Waals surface area contributed by atoms with Crippen molar-refractivity contribution in [3.8, 4) is 5.75 Å². The number of carbonyl (C=O) groups is 1. The zero-order chi connectivity index (χ0) is 29.7. The molecule has 8 heteroatoms. The summed E-state index contributed by atoms with van der Waals surface area (Å²) in [5, 5.41) is 3.33. The molecule has 1 N–H and O–H groups in total. The van der Waals surface area contributed by atoms with Crippen LogP contribution in [-0.2, 0) is 0 Å². The molecule has 1 aromatic carbocycles. The number of rotatable bonds is 6. The van der Waals surface area contributed by atoms with E-state index >= 15 is 0 Å². The first-order valence-electron chi connectivity index (χ1n) is 14.4. The molecule has 5 nitrogen and oxygen atoms in total.